The Labute approximate surface area is 64.9 Å². The van der Waals surface area contributed by atoms with Gasteiger partial charge in [0, 0.05) is 17.5 Å². The second-order valence-electron chi connectivity index (χ2n) is 2.53. The van der Waals surface area contributed by atoms with Crippen LogP contribution >= 0.6 is 0 Å². The van der Waals surface area contributed by atoms with Crippen LogP contribution in [0.3, 0.4) is 0 Å². The van der Waals surface area contributed by atoms with Gasteiger partial charge in [-0.25, -0.2) is 0 Å². The van der Waals surface area contributed by atoms with Crippen LogP contribution in [0.4, 0.5) is 0 Å². The van der Waals surface area contributed by atoms with E-state index in [9.17, 15) is 0 Å². The van der Waals surface area contributed by atoms with Crippen LogP contribution in [-0.4, -0.2) is 4.98 Å². The van der Waals surface area contributed by atoms with Crippen LogP contribution in [0.25, 0.3) is 11.3 Å². The van der Waals surface area contributed by atoms with Gasteiger partial charge >= 0.3 is 0 Å². The maximum absolute atomic E-state index is 5.17. The van der Waals surface area contributed by atoms with Crippen molar-refractivity contribution in [3.8, 4) is 11.3 Å². The average molecular weight is 147 g/mol. The van der Waals surface area contributed by atoms with Gasteiger partial charge < -0.3 is 9.40 Å². The van der Waals surface area contributed by atoms with Crippen molar-refractivity contribution in [3.63, 3.8) is 0 Å². The number of aromatic amines is 1. The molecule has 0 bridgehead atoms. The molecule has 0 aliphatic rings. The second kappa shape index (κ2) is 2.31. The number of hydrogen-bond acceptors (Lipinski definition) is 1. The molecule has 11 heavy (non-hydrogen) atoms. The van der Waals surface area contributed by atoms with E-state index < -0.39 is 0 Å². The minimum Gasteiger partial charge on any atom is -0.469 e. The summed E-state index contributed by atoms with van der Waals surface area (Å²) in [4.78, 5) is 3.11. The number of rotatable bonds is 1. The second-order valence-corrected chi connectivity index (χ2v) is 2.53. The number of aryl methyl sites for hydroxylation is 1. The smallest absolute Gasteiger partial charge is 0.101 e. The molecule has 2 heterocycles. The lowest BCUT2D eigenvalue weighted by Crippen LogP contribution is -1.68. The molecule has 0 spiro atoms. The maximum atomic E-state index is 5.17. The molecule has 0 fully saturated rings. The normalized spacial score (nSPS) is 10.3. The molecule has 0 saturated heterocycles. The highest BCUT2D eigenvalue weighted by atomic mass is 16.3. The number of hydrogen-bond donors (Lipinski definition) is 1. The quantitative estimate of drug-likeness (QED) is 0.659. The number of nitrogens with one attached hydrogen (secondary N) is 1. The SMILES string of the molecule is Cc1cc(-c2ccc[nH]2)co1. The van der Waals surface area contributed by atoms with Crippen molar-refractivity contribution in [1.82, 2.24) is 4.98 Å². The third kappa shape index (κ3) is 1.07. The third-order valence-corrected chi connectivity index (χ3v) is 1.64. The van der Waals surface area contributed by atoms with Gasteiger partial charge in [0.1, 0.15) is 5.76 Å². The van der Waals surface area contributed by atoms with Crippen molar-refractivity contribution in [2.24, 2.45) is 0 Å². The lowest BCUT2D eigenvalue weighted by atomic mass is 10.2. The Morgan fingerprint density at radius 3 is 2.91 bits per heavy atom. The Balaban J connectivity index is 2.45. The van der Waals surface area contributed by atoms with Gasteiger partial charge in [0.2, 0.25) is 0 Å². The molecule has 0 unspecified atom stereocenters. The third-order valence-electron chi connectivity index (χ3n) is 1.64. The van der Waals surface area contributed by atoms with E-state index in [4.69, 9.17) is 4.42 Å². The van der Waals surface area contributed by atoms with Crippen LogP contribution in [0.2, 0.25) is 0 Å². The molecule has 1 N–H and O–H groups in total. The molecule has 0 amide bonds. The first-order valence-electron chi connectivity index (χ1n) is 3.55. The molecule has 56 valence electrons. The van der Waals surface area contributed by atoms with E-state index in [1.165, 1.54) is 0 Å². The summed E-state index contributed by atoms with van der Waals surface area (Å²) in [6, 6.07) is 5.99. The van der Waals surface area contributed by atoms with Crippen molar-refractivity contribution in [3.05, 3.63) is 36.4 Å². The topological polar surface area (TPSA) is 28.9 Å². The molecule has 2 nitrogen and oxygen atoms in total. The van der Waals surface area contributed by atoms with E-state index >= 15 is 0 Å². The van der Waals surface area contributed by atoms with Crippen LogP contribution in [0, 0.1) is 6.92 Å². The number of H-pyrrole nitrogens is 1. The first-order chi connectivity index (χ1) is 5.36. The van der Waals surface area contributed by atoms with Crippen molar-refractivity contribution >= 4 is 0 Å². The van der Waals surface area contributed by atoms with Crippen LogP contribution in [-0.2, 0) is 0 Å². The molecule has 2 rings (SSSR count). The van der Waals surface area contributed by atoms with Crippen LogP contribution in [0.5, 0.6) is 0 Å². The molecule has 0 aliphatic heterocycles. The Morgan fingerprint density at radius 1 is 1.45 bits per heavy atom. The predicted octanol–water partition coefficient (Wildman–Crippen LogP) is 2.58. The largest absolute Gasteiger partial charge is 0.469 e. The lowest BCUT2D eigenvalue weighted by Gasteiger charge is -1.86. The van der Waals surface area contributed by atoms with E-state index in [1.807, 2.05) is 31.3 Å². The number of aromatic nitrogens is 1. The van der Waals surface area contributed by atoms with E-state index in [0.717, 1.165) is 17.0 Å². The average Bonchev–Trinajstić information content (AvgIpc) is 2.55. The monoisotopic (exact) mass is 147 g/mol. The van der Waals surface area contributed by atoms with Gasteiger partial charge in [-0.15, -0.1) is 0 Å². The van der Waals surface area contributed by atoms with E-state index in [1.54, 1.807) is 6.26 Å². The summed E-state index contributed by atoms with van der Waals surface area (Å²) >= 11 is 0. The lowest BCUT2D eigenvalue weighted by molar-refractivity contribution is 0.535. The summed E-state index contributed by atoms with van der Waals surface area (Å²) in [6.07, 6.45) is 3.65. The van der Waals surface area contributed by atoms with Gasteiger partial charge in [-0.2, -0.15) is 0 Å². The standard InChI is InChI=1S/C9H9NO/c1-7-5-8(6-11-7)9-3-2-4-10-9/h2-6,10H,1H3. The van der Waals surface area contributed by atoms with Gasteiger partial charge in [-0.05, 0) is 25.1 Å². The van der Waals surface area contributed by atoms with Crippen LogP contribution in [0.1, 0.15) is 5.76 Å². The fourth-order valence-electron chi connectivity index (χ4n) is 1.09. The molecule has 0 atom stereocenters. The molecule has 0 aliphatic carbocycles. The molecule has 0 aromatic carbocycles. The molecule has 2 heteroatoms. The van der Waals surface area contributed by atoms with Gasteiger partial charge in [-0.3, -0.25) is 0 Å². The number of furan rings is 1. The summed E-state index contributed by atoms with van der Waals surface area (Å²) in [7, 11) is 0. The Bertz CT molecular complexity index is 332. The van der Waals surface area contributed by atoms with Crippen LogP contribution < -0.4 is 0 Å². The van der Waals surface area contributed by atoms with E-state index in [2.05, 4.69) is 4.98 Å². The minimum atomic E-state index is 0.939. The van der Waals surface area contributed by atoms with Crippen molar-refractivity contribution < 1.29 is 4.42 Å². The first kappa shape index (κ1) is 6.28. The Morgan fingerprint density at radius 2 is 2.36 bits per heavy atom. The molecular formula is C9H9NO. The molecule has 2 aromatic heterocycles. The maximum Gasteiger partial charge on any atom is 0.101 e. The summed E-state index contributed by atoms with van der Waals surface area (Å²) in [5.41, 5.74) is 2.20. The van der Waals surface area contributed by atoms with Crippen LogP contribution in [0.15, 0.2) is 35.1 Å². The fraction of sp³-hybridized carbons (Fsp3) is 0.111. The van der Waals surface area contributed by atoms with Crippen molar-refractivity contribution in [2.75, 3.05) is 0 Å². The van der Waals surface area contributed by atoms with Crippen molar-refractivity contribution in [2.45, 2.75) is 6.92 Å². The summed E-state index contributed by atoms with van der Waals surface area (Å²) < 4.78 is 5.17. The first-order valence-corrected chi connectivity index (χ1v) is 3.55. The van der Waals surface area contributed by atoms with E-state index in [0.29, 0.717) is 0 Å². The van der Waals surface area contributed by atoms with E-state index in [-0.39, 0.29) is 0 Å². The summed E-state index contributed by atoms with van der Waals surface area (Å²) in [6.45, 7) is 1.94. The fourth-order valence-corrected chi connectivity index (χ4v) is 1.09. The highest BCUT2D eigenvalue weighted by molar-refractivity contribution is 5.57. The zero-order valence-corrected chi connectivity index (χ0v) is 6.29. The molecule has 0 saturated carbocycles. The van der Waals surface area contributed by atoms with Gasteiger partial charge in [0.05, 0.1) is 6.26 Å². The Hall–Kier alpha value is -1.44. The van der Waals surface area contributed by atoms with Gasteiger partial charge in [0.25, 0.3) is 0 Å². The minimum absolute atomic E-state index is 0.939. The van der Waals surface area contributed by atoms with Gasteiger partial charge in [-0.1, -0.05) is 0 Å². The molecule has 0 radical (unpaired) electrons. The predicted molar refractivity (Wildman–Crippen MR) is 43.2 cm³/mol. The van der Waals surface area contributed by atoms with Crippen molar-refractivity contribution in [1.29, 1.82) is 0 Å². The highest BCUT2D eigenvalue weighted by Crippen LogP contribution is 2.18. The van der Waals surface area contributed by atoms with Gasteiger partial charge in [0.15, 0.2) is 0 Å². The zero-order chi connectivity index (χ0) is 7.68. The molecular weight excluding hydrogens is 138 g/mol. The highest BCUT2D eigenvalue weighted by Gasteiger charge is 1.99. The zero-order valence-electron chi connectivity index (χ0n) is 6.29. The Kier molecular flexibility index (Phi) is 1.32. The molecule has 2 aromatic rings. The summed E-state index contributed by atoms with van der Waals surface area (Å²) in [5.74, 6) is 0.939. The summed E-state index contributed by atoms with van der Waals surface area (Å²) in [5, 5.41) is 0.